The van der Waals surface area contributed by atoms with Crippen LogP contribution in [0.25, 0.3) is 0 Å². The first kappa shape index (κ1) is 8.98. The van der Waals surface area contributed by atoms with Crippen LogP contribution in [-0.4, -0.2) is 18.3 Å². The minimum absolute atomic E-state index is 0.184. The monoisotopic (exact) mass is 159 g/mol. The van der Waals surface area contributed by atoms with Crippen LogP contribution in [0.15, 0.2) is 0 Å². The standard InChI is InChI=1S/C9H18FN/c1-8(2,3)7-5-9(4,10)6-11-7/h7,11H,5-6H2,1-4H3. The van der Waals surface area contributed by atoms with Crippen molar-refractivity contribution in [2.45, 2.75) is 45.8 Å². The van der Waals surface area contributed by atoms with Crippen molar-refractivity contribution in [3.05, 3.63) is 0 Å². The number of hydrogen-bond acceptors (Lipinski definition) is 1. The van der Waals surface area contributed by atoms with Gasteiger partial charge in [0.2, 0.25) is 0 Å². The van der Waals surface area contributed by atoms with Gasteiger partial charge < -0.3 is 5.32 Å². The maximum atomic E-state index is 13.3. The summed E-state index contributed by atoms with van der Waals surface area (Å²) in [6.45, 7) is 8.62. The minimum atomic E-state index is -0.988. The lowest BCUT2D eigenvalue weighted by Gasteiger charge is -2.27. The summed E-state index contributed by atoms with van der Waals surface area (Å²) < 4.78 is 13.3. The highest BCUT2D eigenvalue weighted by Crippen LogP contribution is 2.32. The Hall–Kier alpha value is -0.110. The quantitative estimate of drug-likeness (QED) is 0.571. The van der Waals surface area contributed by atoms with Crippen molar-refractivity contribution < 1.29 is 4.39 Å². The van der Waals surface area contributed by atoms with Gasteiger partial charge in [-0.05, 0) is 18.8 Å². The Bertz CT molecular complexity index is 146. The molecule has 0 bridgehead atoms. The van der Waals surface area contributed by atoms with Crippen LogP contribution in [0.1, 0.15) is 34.1 Å². The third-order valence-electron chi connectivity index (χ3n) is 2.39. The molecule has 1 fully saturated rings. The van der Waals surface area contributed by atoms with Gasteiger partial charge in [0.05, 0.1) is 0 Å². The molecule has 1 heterocycles. The van der Waals surface area contributed by atoms with E-state index < -0.39 is 5.67 Å². The van der Waals surface area contributed by atoms with Gasteiger partial charge in [-0.25, -0.2) is 4.39 Å². The Labute approximate surface area is 68.4 Å². The average Bonchev–Trinajstić information content (AvgIpc) is 2.07. The molecule has 2 unspecified atom stereocenters. The topological polar surface area (TPSA) is 12.0 Å². The second kappa shape index (κ2) is 2.44. The van der Waals surface area contributed by atoms with Crippen LogP contribution in [0.2, 0.25) is 0 Å². The number of rotatable bonds is 0. The van der Waals surface area contributed by atoms with Crippen molar-refractivity contribution in [3.8, 4) is 0 Å². The Morgan fingerprint density at radius 2 is 2.00 bits per heavy atom. The number of halogens is 1. The van der Waals surface area contributed by atoms with E-state index in [4.69, 9.17) is 0 Å². The van der Waals surface area contributed by atoms with Gasteiger partial charge in [-0.2, -0.15) is 0 Å². The summed E-state index contributed by atoms with van der Waals surface area (Å²) in [5.41, 5.74) is -0.804. The summed E-state index contributed by atoms with van der Waals surface area (Å²) >= 11 is 0. The van der Waals surface area contributed by atoms with Crippen molar-refractivity contribution in [3.63, 3.8) is 0 Å². The van der Waals surface area contributed by atoms with Crippen LogP contribution in [0.3, 0.4) is 0 Å². The molecule has 1 N–H and O–H groups in total. The fourth-order valence-electron chi connectivity index (χ4n) is 1.52. The molecule has 1 nitrogen and oxygen atoms in total. The fourth-order valence-corrected chi connectivity index (χ4v) is 1.52. The lowest BCUT2D eigenvalue weighted by Crippen LogP contribution is -2.34. The summed E-state index contributed by atoms with van der Waals surface area (Å²) in [6, 6.07) is 0.331. The zero-order chi connectivity index (χ0) is 8.70. The van der Waals surface area contributed by atoms with Crippen LogP contribution in [-0.2, 0) is 0 Å². The van der Waals surface area contributed by atoms with Crippen LogP contribution >= 0.6 is 0 Å². The van der Waals surface area contributed by atoms with Crippen LogP contribution in [0, 0.1) is 5.41 Å². The van der Waals surface area contributed by atoms with E-state index in [9.17, 15) is 4.39 Å². The minimum Gasteiger partial charge on any atom is -0.310 e. The highest BCUT2D eigenvalue weighted by Gasteiger charge is 2.39. The van der Waals surface area contributed by atoms with Crippen LogP contribution in [0.4, 0.5) is 4.39 Å². The molecule has 0 aromatic carbocycles. The van der Waals surface area contributed by atoms with Crippen molar-refractivity contribution in [1.29, 1.82) is 0 Å². The predicted octanol–water partition coefficient (Wildman–Crippen LogP) is 2.12. The maximum Gasteiger partial charge on any atom is 0.122 e. The maximum absolute atomic E-state index is 13.3. The van der Waals surface area contributed by atoms with E-state index in [1.807, 2.05) is 0 Å². The van der Waals surface area contributed by atoms with E-state index in [0.29, 0.717) is 19.0 Å². The molecule has 11 heavy (non-hydrogen) atoms. The molecule has 0 amide bonds. The molecule has 1 rings (SSSR count). The molecular formula is C9H18FN. The van der Waals surface area contributed by atoms with E-state index in [2.05, 4.69) is 26.1 Å². The highest BCUT2D eigenvalue weighted by molar-refractivity contribution is 4.96. The zero-order valence-corrected chi connectivity index (χ0v) is 7.87. The molecule has 0 aromatic rings. The summed E-state index contributed by atoms with van der Waals surface area (Å²) in [6.07, 6.45) is 0.649. The van der Waals surface area contributed by atoms with E-state index in [0.717, 1.165) is 0 Å². The first-order valence-corrected chi connectivity index (χ1v) is 4.24. The largest absolute Gasteiger partial charge is 0.310 e. The van der Waals surface area contributed by atoms with E-state index in [-0.39, 0.29) is 5.41 Å². The molecule has 66 valence electrons. The Balaban J connectivity index is 2.55. The van der Waals surface area contributed by atoms with E-state index >= 15 is 0 Å². The first-order valence-electron chi connectivity index (χ1n) is 4.24. The van der Waals surface area contributed by atoms with Gasteiger partial charge in [0.15, 0.2) is 0 Å². The molecule has 1 aliphatic heterocycles. The molecule has 1 aliphatic rings. The van der Waals surface area contributed by atoms with Gasteiger partial charge in [-0.15, -0.1) is 0 Å². The SMILES string of the molecule is CC1(F)CNC(C(C)(C)C)C1. The molecule has 0 aromatic heterocycles. The highest BCUT2D eigenvalue weighted by atomic mass is 19.1. The third kappa shape index (κ3) is 2.16. The molecule has 0 radical (unpaired) electrons. The van der Waals surface area contributed by atoms with Gasteiger partial charge >= 0.3 is 0 Å². The summed E-state index contributed by atoms with van der Waals surface area (Å²) in [7, 11) is 0. The lowest BCUT2D eigenvalue weighted by molar-refractivity contribution is 0.196. The molecule has 2 atom stereocenters. The molecular weight excluding hydrogens is 141 g/mol. The van der Waals surface area contributed by atoms with Gasteiger partial charge in [0.25, 0.3) is 0 Å². The van der Waals surface area contributed by atoms with E-state index in [1.54, 1.807) is 6.92 Å². The number of alkyl halides is 1. The number of hydrogen-bond donors (Lipinski definition) is 1. The van der Waals surface area contributed by atoms with Gasteiger partial charge in [0, 0.05) is 12.6 Å². The van der Waals surface area contributed by atoms with Gasteiger partial charge in [0.1, 0.15) is 5.67 Å². The van der Waals surface area contributed by atoms with E-state index in [1.165, 1.54) is 0 Å². The molecule has 0 spiro atoms. The van der Waals surface area contributed by atoms with Crippen molar-refractivity contribution >= 4 is 0 Å². The number of nitrogens with one attached hydrogen (secondary N) is 1. The summed E-state index contributed by atoms with van der Waals surface area (Å²) in [4.78, 5) is 0. The van der Waals surface area contributed by atoms with Gasteiger partial charge in [-0.1, -0.05) is 20.8 Å². The predicted molar refractivity (Wildman–Crippen MR) is 45.4 cm³/mol. The van der Waals surface area contributed by atoms with Gasteiger partial charge in [-0.3, -0.25) is 0 Å². The second-order valence-corrected chi connectivity index (χ2v) is 4.92. The fraction of sp³-hybridized carbons (Fsp3) is 1.00. The van der Waals surface area contributed by atoms with Crippen molar-refractivity contribution in [1.82, 2.24) is 5.32 Å². The summed E-state index contributed by atoms with van der Waals surface area (Å²) in [5, 5.41) is 3.21. The summed E-state index contributed by atoms with van der Waals surface area (Å²) in [5.74, 6) is 0. The molecule has 0 saturated carbocycles. The zero-order valence-electron chi connectivity index (χ0n) is 7.87. The Kier molecular flexibility index (Phi) is 1.99. The Morgan fingerprint density at radius 1 is 1.45 bits per heavy atom. The smallest absolute Gasteiger partial charge is 0.122 e. The van der Waals surface area contributed by atoms with Crippen LogP contribution < -0.4 is 5.32 Å². The second-order valence-electron chi connectivity index (χ2n) is 4.92. The normalized spacial score (nSPS) is 39.5. The molecule has 2 heteroatoms. The van der Waals surface area contributed by atoms with Crippen molar-refractivity contribution in [2.24, 2.45) is 5.41 Å². The first-order chi connectivity index (χ1) is 4.81. The molecule has 1 saturated heterocycles. The van der Waals surface area contributed by atoms with Crippen LogP contribution in [0.5, 0.6) is 0 Å². The Morgan fingerprint density at radius 3 is 2.18 bits per heavy atom. The molecule has 0 aliphatic carbocycles. The van der Waals surface area contributed by atoms with Crippen molar-refractivity contribution in [2.75, 3.05) is 6.54 Å². The lowest BCUT2D eigenvalue weighted by atomic mass is 9.84. The third-order valence-corrected chi connectivity index (χ3v) is 2.39. The average molecular weight is 159 g/mol.